The van der Waals surface area contributed by atoms with Gasteiger partial charge in [0.1, 0.15) is 10.6 Å². The number of piperazine rings is 1. The number of ether oxygens (including phenoxy) is 1. The molecule has 1 fully saturated rings. The van der Waals surface area contributed by atoms with Gasteiger partial charge in [0.2, 0.25) is 10.0 Å². The quantitative estimate of drug-likeness (QED) is 0.589. The third kappa shape index (κ3) is 4.33. The SMILES string of the molecule is COc1cc(C)c(C)cc1S(=O)(=O)N1CCN(c2ccc(-c3ccc(C)cc3)nn2)CC1. The van der Waals surface area contributed by atoms with E-state index >= 15 is 0 Å². The van der Waals surface area contributed by atoms with Gasteiger partial charge in [-0.3, -0.25) is 0 Å². The Bertz CT molecular complexity index is 1200. The third-order valence-corrected chi connectivity index (χ3v) is 7.88. The Morgan fingerprint density at radius 3 is 2.09 bits per heavy atom. The molecule has 0 amide bonds. The summed E-state index contributed by atoms with van der Waals surface area (Å²) >= 11 is 0. The highest BCUT2D eigenvalue weighted by Gasteiger charge is 2.31. The molecule has 168 valence electrons. The van der Waals surface area contributed by atoms with E-state index in [0.29, 0.717) is 31.9 Å². The Kier molecular flexibility index (Phi) is 6.17. The van der Waals surface area contributed by atoms with Crippen molar-refractivity contribution in [3.8, 4) is 17.0 Å². The summed E-state index contributed by atoms with van der Waals surface area (Å²) in [5.74, 6) is 1.13. The van der Waals surface area contributed by atoms with E-state index in [2.05, 4.69) is 34.2 Å². The molecule has 7 nitrogen and oxygen atoms in total. The van der Waals surface area contributed by atoms with Gasteiger partial charge < -0.3 is 9.64 Å². The first kappa shape index (κ1) is 22.2. The number of aromatic nitrogens is 2. The summed E-state index contributed by atoms with van der Waals surface area (Å²) < 4.78 is 33.5. The summed E-state index contributed by atoms with van der Waals surface area (Å²) in [5.41, 5.74) is 4.96. The lowest BCUT2D eigenvalue weighted by Crippen LogP contribution is -2.49. The zero-order valence-electron chi connectivity index (χ0n) is 18.9. The molecule has 0 radical (unpaired) electrons. The van der Waals surface area contributed by atoms with Crippen molar-refractivity contribution in [3.63, 3.8) is 0 Å². The highest BCUT2D eigenvalue weighted by atomic mass is 32.2. The molecular formula is C24H28N4O3S. The minimum atomic E-state index is -3.65. The monoisotopic (exact) mass is 452 g/mol. The van der Waals surface area contributed by atoms with E-state index in [0.717, 1.165) is 28.2 Å². The number of methoxy groups -OCH3 is 1. The van der Waals surface area contributed by atoms with Crippen LogP contribution in [-0.2, 0) is 10.0 Å². The van der Waals surface area contributed by atoms with Crippen molar-refractivity contribution in [2.75, 3.05) is 38.2 Å². The molecule has 2 heterocycles. The molecule has 2 aromatic carbocycles. The summed E-state index contributed by atoms with van der Waals surface area (Å²) in [5, 5.41) is 8.75. The van der Waals surface area contributed by atoms with Crippen LogP contribution in [0.3, 0.4) is 0 Å². The molecule has 1 aliphatic heterocycles. The number of benzene rings is 2. The molecular weight excluding hydrogens is 424 g/mol. The topological polar surface area (TPSA) is 75.6 Å². The minimum Gasteiger partial charge on any atom is -0.495 e. The van der Waals surface area contributed by atoms with Gasteiger partial charge in [0.25, 0.3) is 0 Å². The van der Waals surface area contributed by atoms with E-state index in [1.54, 1.807) is 12.1 Å². The van der Waals surface area contributed by atoms with Crippen LogP contribution in [0.25, 0.3) is 11.3 Å². The summed E-state index contributed by atoms with van der Waals surface area (Å²) in [4.78, 5) is 2.29. The Labute approximate surface area is 189 Å². The summed E-state index contributed by atoms with van der Waals surface area (Å²) in [6.07, 6.45) is 0. The highest BCUT2D eigenvalue weighted by Crippen LogP contribution is 2.30. The Morgan fingerprint density at radius 1 is 0.844 bits per heavy atom. The summed E-state index contributed by atoms with van der Waals surface area (Å²) in [6.45, 7) is 7.74. The van der Waals surface area contributed by atoms with E-state index < -0.39 is 10.0 Å². The molecule has 0 aliphatic carbocycles. The fourth-order valence-electron chi connectivity index (χ4n) is 3.79. The Balaban J connectivity index is 1.47. The van der Waals surface area contributed by atoms with Gasteiger partial charge in [-0.25, -0.2) is 8.42 Å². The standard InChI is InChI=1S/C24H28N4O3S/c1-17-5-7-20(8-6-17)21-9-10-24(26-25-21)27-11-13-28(14-12-27)32(29,30)23-16-19(3)18(2)15-22(23)31-4/h5-10,15-16H,11-14H2,1-4H3. The van der Waals surface area contributed by atoms with Gasteiger partial charge in [-0.15, -0.1) is 10.2 Å². The van der Waals surface area contributed by atoms with Crippen LogP contribution in [0, 0.1) is 20.8 Å². The van der Waals surface area contributed by atoms with Crippen LogP contribution in [0.4, 0.5) is 5.82 Å². The molecule has 8 heteroatoms. The second-order valence-electron chi connectivity index (χ2n) is 8.12. The number of rotatable bonds is 5. The number of nitrogens with zero attached hydrogens (tertiary/aromatic N) is 4. The fraction of sp³-hybridized carbons (Fsp3) is 0.333. The van der Waals surface area contributed by atoms with E-state index in [1.807, 2.05) is 38.1 Å². The Morgan fingerprint density at radius 2 is 1.50 bits per heavy atom. The first-order chi connectivity index (χ1) is 15.3. The van der Waals surface area contributed by atoms with Gasteiger partial charge in [0.15, 0.2) is 5.82 Å². The van der Waals surface area contributed by atoms with Gasteiger partial charge in [-0.1, -0.05) is 29.8 Å². The van der Waals surface area contributed by atoms with Crippen LogP contribution < -0.4 is 9.64 Å². The van der Waals surface area contributed by atoms with E-state index in [-0.39, 0.29) is 4.90 Å². The maximum Gasteiger partial charge on any atom is 0.246 e. The molecule has 0 spiro atoms. The number of hydrogen-bond acceptors (Lipinski definition) is 6. The van der Waals surface area contributed by atoms with Crippen molar-refractivity contribution in [1.82, 2.24) is 14.5 Å². The van der Waals surface area contributed by atoms with Crippen LogP contribution in [0.1, 0.15) is 16.7 Å². The van der Waals surface area contributed by atoms with Gasteiger partial charge in [0, 0.05) is 31.7 Å². The number of anilines is 1. The molecule has 3 aromatic rings. The normalized spacial score (nSPS) is 15.1. The van der Waals surface area contributed by atoms with Crippen molar-refractivity contribution in [3.05, 3.63) is 65.2 Å². The smallest absolute Gasteiger partial charge is 0.246 e. The first-order valence-electron chi connectivity index (χ1n) is 10.6. The van der Waals surface area contributed by atoms with Crippen LogP contribution >= 0.6 is 0 Å². The van der Waals surface area contributed by atoms with Crippen LogP contribution in [0.2, 0.25) is 0 Å². The first-order valence-corrected chi connectivity index (χ1v) is 12.0. The minimum absolute atomic E-state index is 0.221. The van der Waals surface area contributed by atoms with Crippen molar-refractivity contribution in [2.24, 2.45) is 0 Å². The second kappa shape index (κ2) is 8.88. The van der Waals surface area contributed by atoms with Crippen molar-refractivity contribution >= 4 is 15.8 Å². The lowest BCUT2D eigenvalue weighted by atomic mass is 10.1. The maximum atomic E-state index is 13.3. The van der Waals surface area contributed by atoms with E-state index in [9.17, 15) is 8.42 Å². The summed E-state index contributed by atoms with van der Waals surface area (Å²) in [7, 11) is -2.15. The van der Waals surface area contributed by atoms with Crippen molar-refractivity contribution in [2.45, 2.75) is 25.7 Å². The molecule has 0 atom stereocenters. The molecule has 0 bridgehead atoms. The lowest BCUT2D eigenvalue weighted by molar-refractivity contribution is 0.373. The average Bonchev–Trinajstić information content (AvgIpc) is 2.81. The molecule has 1 aliphatic rings. The number of aryl methyl sites for hydroxylation is 3. The number of hydrogen-bond donors (Lipinski definition) is 0. The predicted octanol–water partition coefficient (Wildman–Crippen LogP) is 3.59. The van der Waals surface area contributed by atoms with Crippen molar-refractivity contribution < 1.29 is 13.2 Å². The molecule has 4 rings (SSSR count). The number of sulfonamides is 1. The van der Waals surface area contributed by atoms with Crippen LogP contribution in [0.5, 0.6) is 5.75 Å². The molecule has 1 aromatic heterocycles. The fourth-order valence-corrected chi connectivity index (χ4v) is 5.44. The molecule has 0 unspecified atom stereocenters. The van der Waals surface area contributed by atoms with Crippen LogP contribution in [-0.4, -0.2) is 56.2 Å². The van der Waals surface area contributed by atoms with Crippen LogP contribution in [0.15, 0.2) is 53.4 Å². The molecule has 0 saturated carbocycles. The third-order valence-electron chi connectivity index (χ3n) is 5.96. The summed E-state index contributed by atoms with van der Waals surface area (Å²) in [6, 6.07) is 15.5. The highest BCUT2D eigenvalue weighted by molar-refractivity contribution is 7.89. The van der Waals surface area contributed by atoms with Gasteiger partial charge in [-0.2, -0.15) is 4.31 Å². The van der Waals surface area contributed by atoms with Gasteiger partial charge >= 0.3 is 0 Å². The zero-order chi connectivity index (χ0) is 22.9. The average molecular weight is 453 g/mol. The van der Waals surface area contributed by atoms with Gasteiger partial charge in [-0.05, 0) is 56.2 Å². The van der Waals surface area contributed by atoms with E-state index in [1.165, 1.54) is 17.0 Å². The van der Waals surface area contributed by atoms with E-state index in [4.69, 9.17) is 4.74 Å². The maximum absolute atomic E-state index is 13.3. The Hall–Kier alpha value is -2.97. The second-order valence-corrected chi connectivity index (χ2v) is 10.0. The predicted molar refractivity (Wildman–Crippen MR) is 126 cm³/mol. The van der Waals surface area contributed by atoms with Gasteiger partial charge in [0.05, 0.1) is 12.8 Å². The molecule has 0 N–H and O–H groups in total. The lowest BCUT2D eigenvalue weighted by Gasteiger charge is -2.34. The molecule has 32 heavy (non-hydrogen) atoms. The largest absolute Gasteiger partial charge is 0.495 e. The van der Waals surface area contributed by atoms with Crippen molar-refractivity contribution in [1.29, 1.82) is 0 Å². The molecule has 1 saturated heterocycles. The zero-order valence-corrected chi connectivity index (χ0v) is 19.7.